The maximum atomic E-state index is 3.57. The molecule has 0 radical (unpaired) electrons. The van der Waals surface area contributed by atoms with Crippen molar-refractivity contribution in [2.24, 2.45) is 5.41 Å². The summed E-state index contributed by atoms with van der Waals surface area (Å²) in [5.41, 5.74) is 0.419. The molecule has 0 amide bonds. The van der Waals surface area contributed by atoms with Gasteiger partial charge in [0, 0.05) is 19.1 Å². The molecule has 0 aromatic carbocycles. The predicted octanol–water partition coefficient (Wildman–Crippen LogP) is 4.30. The Kier molecular flexibility index (Phi) is 10.6. The van der Waals surface area contributed by atoms with Crippen LogP contribution < -0.4 is 5.32 Å². The van der Waals surface area contributed by atoms with Crippen molar-refractivity contribution >= 4 is 0 Å². The molecular weight excluding hydrogens is 232 g/mol. The minimum absolute atomic E-state index is 0.419. The average molecular weight is 271 g/mol. The van der Waals surface area contributed by atoms with Crippen molar-refractivity contribution in [3.63, 3.8) is 0 Å². The van der Waals surface area contributed by atoms with Crippen molar-refractivity contribution in [1.29, 1.82) is 0 Å². The lowest BCUT2D eigenvalue weighted by molar-refractivity contribution is 0.112. The highest BCUT2D eigenvalue weighted by molar-refractivity contribution is 4.82. The Labute approximate surface area is 122 Å². The topological polar surface area (TPSA) is 15.3 Å². The van der Waals surface area contributed by atoms with Gasteiger partial charge in [0.05, 0.1) is 0 Å². The molecule has 2 atom stereocenters. The lowest BCUT2D eigenvalue weighted by Crippen LogP contribution is -2.45. The lowest BCUT2D eigenvalue weighted by Gasteiger charge is -2.38. The van der Waals surface area contributed by atoms with Crippen LogP contribution in [-0.4, -0.2) is 37.1 Å². The number of nitrogens with one attached hydrogen (secondary N) is 1. The molecule has 0 heterocycles. The first-order valence-corrected chi connectivity index (χ1v) is 8.47. The Morgan fingerprint density at radius 3 is 2.26 bits per heavy atom. The van der Waals surface area contributed by atoms with Crippen LogP contribution in [0.2, 0.25) is 0 Å². The van der Waals surface area contributed by atoms with Crippen LogP contribution in [0.15, 0.2) is 0 Å². The Bertz CT molecular complexity index is 205. The van der Waals surface area contributed by atoms with Crippen LogP contribution in [0.3, 0.4) is 0 Å². The van der Waals surface area contributed by atoms with Gasteiger partial charge in [-0.15, -0.1) is 0 Å². The second kappa shape index (κ2) is 10.7. The Morgan fingerprint density at radius 1 is 1.11 bits per heavy atom. The van der Waals surface area contributed by atoms with Crippen LogP contribution in [0.5, 0.6) is 0 Å². The molecule has 0 aliphatic carbocycles. The smallest absolute Gasteiger partial charge is 0.00645 e. The number of unbranched alkanes of at least 4 members (excludes halogenated alkanes) is 1. The molecule has 2 heteroatoms. The van der Waals surface area contributed by atoms with E-state index in [0.29, 0.717) is 11.5 Å². The zero-order chi connectivity index (χ0) is 14.7. The highest BCUT2D eigenvalue weighted by Crippen LogP contribution is 2.25. The van der Waals surface area contributed by atoms with Crippen LogP contribution in [0, 0.1) is 5.41 Å². The van der Waals surface area contributed by atoms with Gasteiger partial charge in [-0.3, -0.25) is 0 Å². The normalized spacial score (nSPS) is 16.6. The van der Waals surface area contributed by atoms with Crippen LogP contribution >= 0.6 is 0 Å². The molecule has 0 saturated carbocycles. The molecule has 0 aliphatic heterocycles. The summed E-state index contributed by atoms with van der Waals surface area (Å²) in [6.45, 7) is 18.7. The summed E-state index contributed by atoms with van der Waals surface area (Å²) in [6, 6.07) is 0.712. The molecule has 0 rings (SSSR count). The Balaban J connectivity index is 4.60. The van der Waals surface area contributed by atoms with Crippen LogP contribution in [0.25, 0.3) is 0 Å². The highest BCUT2D eigenvalue weighted by Gasteiger charge is 2.27. The minimum Gasteiger partial charge on any atom is -0.316 e. The minimum atomic E-state index is 0.419. The molecule has 0 saturated heterocycles. The third-order valence-corrected chi connectivity index (χ3v) is 4.25. The van der Waals surface area contributed by atoms with E-state index in [1.165, 1.54) is 45.2 Å². The van der Waals surface area contributed by atoms with E-state index in [4.69, 9.17) is 0 Å². The molecule has 116 valence electrons. The number of nitrogens with zero attached hydrogens (tertiary/aromatic N) is 1. The van der Waals surface area contributed by atoms with E-state index in [1.54, 1.807) is 0 Å². The first kappa shape index (κ1) is 18.9. The SMILES string of the molecule is CCCCN(CC(C)(CCC)CNCC)C(C)CC. The molecule has 0 spiro atoms. The van der Waals surface area contributed by atoms with Gasteiger partial charge in [-0.2, -0.15) is 0 Å². The molecule has 0 aromatic heterocycles. The summed E-state index contributed by atoms with van der Waals surface area (Å²) in [6.07, 6.45) is 6.48. The van der Waals surface area contributed by atoms with Gasteiger partial charge in [-0.05, 0) is 44.7 Å². The zero-order valence-corrected chi connectivity index (χ0v) is 14.4. The third kappa shape index (κ3) is 7.94. The van der Waals surface area contributed by atoms with E-state index in [9.17, 15) is 0 Å². The second-order valence-electron chi connectivity index (χ2n) is 6.42. The molecule has 0 fully saturated rings. The number of hydrogen-bond donors (Lipinski definition) is 1. The van der Waals surface area contributed by atoms with Crippen molar-refractivity contribution in [3.8, 4) is 0 Å². The van der Waals surface area contributed by atoms with Crippen molar-refractivity contribution < 1.29 is 0 Å². The van der Waals surface area contributed by atoms with E-state index in [2.05, 4.69) is 51.8 Å². The van der Waals surface area contributed by atoms with Gasteiger partial charge in [0.25, 0.3) is 0 Å². The number of rotatable bonds is 12. The van der Waals surface area contributed by atoms with Gasteiger partial charge in [-0.25, -0.2) is 0 Å². The van der Waals surface area contributed by atoms with E-state index in [1.807, 2.05) is 0 Å². The van der Waals surface area contributed by atoms with Gasteiger partial charge in [-0.1, -0.05) is 47.5 Å². The highest BCUT2D eigenvalue weighted by atomic mass is 15.2. The van der Waals surface area contributed by atoms with Gasteiger partial charge in [0.15, 0.2) is 0 Å². The van der Waals surface area contributed by atoms with Crippen LogP contribution in [0.4, 0.5) is 0 Å². The molecule has 0 aromatic rings. The van der Waals surface area contributed by atoms with E-state index in [0.717, 1.165) is 13.1 Å². The fraction of sp³-hybridized carbons (Fsp3) is 1.00. The maximum absolute atomic E-state index is 3.57. The van der Waals surface area contributed by atoms with Crippen molar-refractivity contribution in [3.05, 3.63) is 0 Å². The summed E-state index contributed by atoms with van der Waals surface area (Å²) < 4.78 is 0. The quantitative estimate of drug-likeness (QED) is 0.569. The third-order valence-electron chi connectivity index (χ3n) is 4.25. The van der Waals surface area contributed by atoms with Crippen molar-refractivity contribution in [1.82, 2.24) is 10.2 Å². The standard InChI is InChI=1S/C17H38N2/c1-7-11-13-19(16(5)9-3)15-17(6,12-8-2)14-18-10-4/h16,18H,7-15H2,1-6H3. The van der Waals surface area contributed by atoms with Gasteiger partial charge in [0.1, 0.15) is 0 Å². The summed E-state index contributed by atoms with van der Waals surface area (Å²) in [4.78, 5) is 2.72. The molecule has 0 bridgehead atoms. The summed E-state index contributed by atoms with van der Waals surface area (Å²) in [5.74, 6) is 0. The van der Waals surface area contributed by atoms with E-state index >= 15 is 0 Å². The molecule has 2 nitrogen and oxygen atoms in total. The summed E-state index contributed by atoms with van der Waals surface area (Å²) in [7, 11) is 0. The number of hydrogen-bond acceptors (Lipinski definition) is 2. The van der Waals surface area contributed by atoms with Crippen LogP contribution in [0.1, 0.15) is 73.6 Å². The monoisotopic (exact) mass is 270 g/mol. The Hall–Kier alpha value is -0.0800. The molecular formula is C17H38N2. The first-order chi connectivity index (χ1) is 9.02. The molecule has 2 unspecified atom stereocenters. The summed E-state index contributed by atoms with van der Waals surface area (Å²) >= 11 is 0. The largest absolute Gasteiger partial charge is 0.316 e. The lowest BCUT2D eigenvalue weighted by atomic mass is 9.84. The molecule has 19 heavy (non-hydrogen) atoms. The van der Waals surface area contributed by atoms with Crippen molar-refractivity contribution in [2.45, 2.75) is 79.7 Å². The Morgan fingerprint density at radius 2 is 1.79 bits per heavy atom. The maximum Gasteiger partial charge on any atom is 0.00645 e. The van der Waals surface area contributed by atoms with E-state index in [-0.39, 0.29) is 0 Å². The molecule has 0 aliphatic rings. The fourth-order valence-corrected chi connectivity index (χ4v) is 2.82. The van der Waals surface area contributed by atoms with Gasteiger partial charge >= 0.3 is 0 Å². The zero-order valence-electron chi connectivity index (χ0n) is 14.4. The molecule has 1 N–H and O–H groups in total. The van der Waals surface area contributed by atoms with Crippen molar-refractivity contribution in [2.75, 3.05) is 26.2 Å². The van der Waals surface area contributed by atoms with Gasteiger partial charge in [0.2, 0.25) is 0 Å². The second-order valence-corrected chi connectivity index (χ2v) is 6.42. The summed E-state index contributed by atoms with van der Waals surface area (Å²) in [5, 5.41) is 3.57. The fourth-order valence-electron chi connectivity index (χ4n) is 2.82. The van der Waals surface area contributed by atoms with Gasteiger partial charge < -0.3 is 10.2 Å². The predicted molar refractivity (Wildman–Crippen MR) is 87.8 cm³/mol. The average Bonchev–Trinajstić information content (AvgIpc) is 2.40. The van der Waals surface area contributed by atoms with Crippen LogP contribution in [-0.2, 0) is 0 Å². The first-order valence-electron chi connectivity index (χ1n) is 8.47. The van der Waals surface area contributed by atoms with E-state index < -0.39 is 0 Å².